The maximum absolute atomic E-state index is 11.6. The summed E-state index contributed by atoms with van der Waals surface area (Å²) in [7, 11) is 0. The zero-order valence-corrected chi connectivity index (χ0v) is 11.3. The number of carbonyl (C=O) groups is 1. The average molecular weight is 259 g/mol. The van der Waals surface area contributed by atoms with Crippen molar-refractivity contribution in [1.29, 1.82) is 0 Å². The quantitative estimate of drug-likeness (QED) is 0.603. The second kappa shape index (κ2) is 7.07. The highest BCUT2D eigenvalue weighted by atomic mass is 16.5. The van der Waals surface area contributed by atoms with Gasteiger partial charge in [0.25, 0.3) is 0 Å². The predicted octanol–water partition coefficient (Wildman–Crippen LogP) is 0.441. The highest BCUT2D eigenvalue weighted by Gasteiger charge is 2.35. The largest absolute Gasteiger partial charge is 0.466 e. The zero-order valence-electron chi connectivity index (χ0n) is 11.3. The number of hydrogen-bond donors (Lipinski definition) is 3. The molecule has 0 aromatic carbocycles. The molecule has 18 heavy (non-hydrogen) atoms. The van der Waals surface area contributed by atoms with Crippen LogP contribution in [0.25, 0.3) is 0 Å². The molecule has 0 aromatic heterocycles. The lowest BCUT2D eigenvalue weighted by atomic mass is 9.79. The van der Waals surface area contributed by atoms with Gasteiger partial charge in [-0.3, -0.25) is 4.79 Å². The van der Waals surface area contributed by atoms with Gasteiger partial charge < -0.3 is 20.3 Å². The van der Waals surface area contributed by atoms with Crippen LogP contribution in [0.5, 0.6) is 0 Å². The molecule has 0 radical (unpaired) electrons. The lowest BCUT2D eigenvalue weighted by Crippen LogP contribution is -2.45. The van der Waals surface area contributed by atoms with Crippen LogP contribution in [0.4, 0.5) is 0 Å². The molecule has 1 rings (SSSR count). The molecule has 0 aromatic rings. The van der Waals surface area contributed by atoms with Crippen molar-refractivity contribution in [3.8, 4) is 0 Å². The van der Waals surface area contributed by atoms with Crippen LogP contribution in [0.2, 0.25) is 0 Å². The molecule has 0 bridgehead atoms. The van der Waals surface area contributed by atoms with Crippen molar-refractivity contribution in [2.45, 2.75) is 51.2 Å². The molecule has 1 fully saturated rings. The fourth-order valence-electron chi connectivity index (χ4n) is 2.34. The van der Waals surface area contributed by atoms with Gasteiger partial charge in [-0.05, 0) is 39.5 Å². The van der Waals surface area contributed by atoms with E-state index in [4.69, 9.17) is 9.84 Å². The molecule has 3 N–H and O–H groups in total. The highest BCUT2D eigenvalue weighted by Crippen LogP contribution is 2.32. The van der Waals surface area contributed by atoms with Gasteiger partial charge in [0.2, 0.25) is 0 Å². The molecule has 1 atom stereocenters. The predicted molar refractivity (Wildman–Crippen MR) is 68.1 cm³/mol. The van der Waals surface area contributed by atoms with Gasteiger partial charge in [0, 0.05) is 13.1 Å². The summed E-state index contributed by atoms with van der Waals surface area (Å²) in [5.74, 6) is -0.210. The Labute approximate surface area is 109 Å². The summed E-state index contributed by atoms with van der Waals surface area (Å²) in [6.07, 6.45) is 2.13. The first kappa shape index (κ1) is 15.4. The summed E-state index contributed by atoms with van der Waals surface area (Å²) in [6, 6.07) is 0. The summed E-state index contributed by atoms with van der Waals surface area (Å²) in [5.41, 5.74) is -0.752. The number of carbonyl (C=O) groups excluding carboxylic acids is 1. The van der Waals surface area contributed by atoms with Gasteiger partial charge in [0.1, 0.15) is 0 Å². The Morgan fingerprint density at radius 2 is 2.11 bits per heavy atom. The highest BCUT2D eigenvalue weighted by molar-refractivity contribution is 5.72. The van der Waals surface area contributed by atoms with Crippen LogP contribution >= 0.6 is 0 Å². The first-order valence-corrected chi connectivity index (χ1v) is 6.74. The summed E-state index contributed by atoms with van der Waals surface area (Å²) >= 11 is 0. The fraction of sp³-hybridized carbons (Fsp3) is 0.923. The third kappa shape index (κ3) is 4.92. The molecule has 0 saturated heterocycles. The van der Waals surface area contributed by atoms with Gasteiger partial charge in [-0.15, -0.1) is 0 Å². The molecule has 5 nitrogen and oxygen atoms in total. The first-order chi connectivity index (χ1) is 8.47. The number of aliphatic hydroxyl groups is 2. The topological polar surface area (TPSA) is 78.8 Å². The second-order valence-electron chi connectivity index (χ2n) is 5.23. The van der Waals surface area contributed by atoms with E-state index < -0.39 is 11.7 Å². The maximum atomic E-state index is 11.6. The Hall–Kier alpha value is -0.650. The van der Waals surface area contributed by atoms with E-state index in [9.17, 15) is 9.90 Å². The van der Waals surface area contributed by atoms with Crippen molar-refractivity contribution in [3.63, 3.8) is 0 Å². The van der Waals surface area contributed by atoms with Crippen molar-refractivity contribution in [2.75, 3.05) is 19.7 Å². The van der Waals surface area contributed by atoms with E-state index in [0.29, 0.717) is 45.4 Å². The van der Waals surface area contributed by atoms with E-state index in [0.717, 1.165) is 0 Å². The van der Waals surface area contributed by atoms with Gasteiger partial charge in [-0.2, -0.15) is 0 Å². The van der Waals surface area contributed by atoms with Gasteiger partial charge in [-0.1, -0.05) is 0 Å². The monoisotopic (exact) mass is 259 g/mol. The Kier molecular flexibility index (Phi) is 6.05. The fourth-order valence-corrected chi connectivity index (χ4v) is 2.34. The van der Waals surface area contributed by atoms with E-state index in [-0.39, 0.29) is 11.9 Å². The molecule has 106 valence electrons. The number of aliphatic hydroxyl groups excluding tert-OH is 1. The van der Waals surface area contributed by atoms with E-state index in [2.05, 4.69) is 5.32 Å². The average Bonchev–Trinajstić information content (AvgIpc) is 2.29. The third-order valence-electron chi connectivity index (χ3n) is 3.43. The Bertz CT molecular complexity index is 260. The molecule has 0 spiro atoms. The van der Waals surface area contributed by atoms with Crippen molar-refractivity contribution in [3.05, 3.63) is 0 Å². The standard InChI is InChI=1S/C13H25NO4/c1-3-18-12(16)11-4-6-13(17,7-5-11)9-14-8-10(2)15/h10-11,14-15,17H,3-9H2,1-2H3. The van der Waals surface area contributed by atoms with Crippen molar-refractivity contribution in [1.82, 2.24) is 5.32 Å². The first-order valence-electron chi connectivity index (χ1n) is 6.74. The lowest BCUT2D eigenvalue weighted by Gasteiger charge is -2.35. The van der Waals surface area contributed by atoms with Gasteiger partial charge in [0.05, 0.1) is 24.2 Å². The molecule has 5 heteroatoms. The van der Waals surface area contributed by atoms with E-state index >= 15 is 0 Å². The van der Waals surface area contributed by atoms with Crippen LogP contribution in [0.3, 0.4) is 0 Å². The minimum absolute atomic E-state index is 0.0676. The Morgan fingerprint density at radius 3 is 2.61 bits per heavy atom. The van der Waals surface area contributed by atoms with Gasteiger partial charge in [0.15, 0.2) is 0 Å². The Morgan fingerprint density at radius 1 is 1.50 bits per heavy atom. The SMILES string of the molecule is CCOC(=O)C1CCC(O)(CNCC(C)O)CC1. The number of ether oxygens (including phenoxy) is 1. The zero-order chi connectivity index (χ0) is 13.6. The normalized spacial score (nSPS) is 29.9. The van der Waals surface area contributed by atoms with Crippen LogP contribution in [0.15, 0.2) is 0 Å². The van der Waals surface area contributed by atoms with Gasteiger partial charge >= 0.3 is 5.97 Å². The lowest BCUT2D eigenvalue weighted by molar-refractivity contribution is -0.151. The van der Waals surface area contributed by atoms with Crippen LogP contribution in [0.1, 0.15) is 39.5 Å². The number of hydrogen-bond acceptors (Lipinski definition) is 5. The molecule has 1 unspecified atom stereocenters. The molecular formula is C13H25NO4. The number of esters is 1. The molecule has 1 aliphatic rings. The minimum atomic E-state index is -0.752. The van der Waals surface area contributed by atoms with E-state index in [1.807, 2.05) is 0 Å². The molecule has 1 saturated carbocycles. The van der Waals surface area contributed by atoms with Crippen molar-refractivity contribution < 1.29 is 19.7 Å². The van der Waals surface area contributed by atoms with Crippen LogP contribution < -0.4 is 5.32 Å². The summed E-state index contributed by atoms with van der Waals surface area (Å²) in [4.78, 5) is 11.6. The van der Waals surface area contributed by atoms with Crippen molar-refractivity contribution in [2.24, 2.45) is 5.92 Å². The maximum Gasteiger partial charge on any atom is 0.308 e. The van der Waals surface area contributed by atoms with Crippen molar-refractivity contribution >= 4 is 5.97 Å². The molecule has 0 aliphatic heterocycles. The molecule has 0 heterocycles. The van der Waals surface area contributed by atoms with Crippen LogP contribution in [-0.4, -0.2) is 47.6 Å². The number of rotatable bonds is 6. The number of nitrogens with one attached hydrogen (secondary N) is 1. The summed E-state index contributed by atoms with van der Waals surface area (Å²) < 4.78 is 4.99. The molecule has 0 amide bonds. The Balaban J connectivity index is 2.30. The van der Waals surface area contributed by atoms with Crippen LogP contribution in [0, 0.1) is 5.92 Å². The smallest absolute Gasteiger partial charge is 0.308 e. The van der Waals surface area contributed by atoms with E-state index in [1.165, 1.54) is 0 Å². The van der Waals surface area contributed by atoms with Crippen LogP contribution in [-0.2, 0) is 9.53 Å². The molecule has 1 aliphatic carbocycles. The van der Waals surface area contributed by atoms with E-state index in [1.54, 1.807) is 13.8 Å². The van der Waals surface area contributed by atoms with Gasteiger partial charge in [-0.25, -0.2) is 0 Å². The summed E-state index contributed by atoms with van der Waals surface area (Å²) in [6.45, 7) is 4.86. The minimum Gasteiger partial charge on any atom is -0.466 e. The second-order valence-corrected chi connectivity index (χ2v) is 5.23. The molecular weight excluding hydrogens is 234 g/mol. The third-order valence-corrected chi connectivity index (χ3v) is 3.43. The summed E-state index contributed by atoms with van der Waals surface area (Å²) in [5, 5.41) is 22.5.